The van der Waals surface area contributed by atoms with Crippen molar-refractivity contribution in [2.24, 2.45) is 0 Å². The van der Waals surface area contributed by atoms with Gasteiger partial charge in [-0.05, 0) is 6.42 Å². The van der Waals surface area contributed by atoms with Gasteiger partial charge in [0.1, 0.15) is 0 Å². The molecule has 3 nitrogen and oxygen atoms in total. The summed E-state index contributed by atoms with van der Waals surface area (Å²) in [5, 5.41) is 0. The summed E-state index contributed by atoms with van der Waals surface area (Å²) in [7, 11) is 1.62. The van der Waals surface area contributed by atoms with Crippen molar-refractivity contribution < 1.29 is 9.63 Å². The molecule has 0 bridgehead atoms. The van der Waals surface area contributed by atoms with Crippen LogP contribution in [-0.4, -0.2) is 13.0 Å². The van der Waals surface area contributed by atoms with Crippen LogP contribution >= 0.6 is 0 Å². The van der Waals surface area contributed by atoms with Gasteiger partial charge in [0.15, 0.2) is 0 Å². The van der Waals surface area contributed by atoms with Gasteiger partial charge in [-0.3, -0.25) is 4.79 Å². The zero-order chi connectivity index (χ0) is 17.7. The summed E-state index contributed by atoms with van der Waals surface area (Å²) in [4.78, 5) is 15.8. The van der Waals surface area contributed by atoms with Crippen LogP contribution < -0.4 is 5.48 Å². The third-order valence-electron chi connectivity index (χ3n) is 4.70. The molecule has 0 unspecified atom stereocenters. The van der Waals surface area contributed by atoms with Crippen molar-refractivity contribution in [3.05, 3.63) is 0 Å². The Bertz CT molecular complexity index is 256. The molecule has 0 heterocycles. The Morgan fingerprint density at radius 3 is 1.29 bits per heavy atom. The first-order chi connectivity index (χ1) is 11.8. The molecule has 0 atom stereocenters. The summed E-state index contributed by atoms with van der Waals surface area (Å²) < 4.78 is 0. The normalized spacial score (nSPS) is 10.9. The number of hydrogen-bond donors (Lipinski definition) is 1. The van der Waals surface area contributed by atoms with E-state index in [9.17, 15) is 4.79 Å². The van der Waals surface area contributed by atoms with Gasteiger partial charge in [0.25, 0.3) is 0 Å². The highest BCUT2D eigenvalue weighted by Crippen LogP contribution is 2.14. The summed E-state index contributed by atoms with van der Waals surface area (Å²) in [6.45, 7) is 2.28. The van der Waals surface area contributed by atoms with E-state index in [4.69, 9.17) is 0 Å². The Labute approximate surface area is 151 Å². The maximum Gasteiger partial charge on any atom is 0.324 e. The molecule has 0 aromatic heterocycles. The molecule has 0 aliphatic heterocycles. The van der Waals surface area contributed by atoms with Crippen molar-refractivity contribution in [2.75, 3.05) is 7.05 Å². The second kappa shape index (κ2) is 20.5. The molecule has 0 saturated heterocycles. The SMILES string of the molecule is CCCCCCCCCCCCCCCCCCCC(=O)ONC. The molecule has 0 fully saturated rings. The minimum Gasteiger partial charge on any atom is -0.371 e. The smallest absolute Gasteiger partial charge is 0.324 e. The third kappa shape index (κ3) is 19.5. The lowest BCUT2D eigenvalue weighted by Gasteiger charge is -2.04. The Hall–Kier alpha value is -0.570. The minimum absolute atomic E-state index is 0.140. The zero-order valence-corrected chi connectivity index (χ0v) is 16.5. The number of hydroxylamine groups is 1. The minimum atomic E-state index is -0.140. The van der Waals surface area contributed by atoms with Crippen molar-refractivity contribution in [2.45, 2.75) is 122 Å². The quantitative estimate of drug-likeness (QED) is 0.210. The van der Waals surface area contributed by atoms with Crippen molar-refractivity contribution in [3.8, 4) is 0 Å². The second-order valence-electron chi connectivity index (χ2n) is 7.09. The van der Waals surface area contributed by atoms with Gasteiger partial charge in [-0.2, -0.15) is 5.48 Å². The molecule has 0 radical (unpaired) electrons. The van der Waals surface area contributed by atoms with Crippen LogP contribution in [0.2, 0.25) is 0 Å². The predicted molar refractivity (Wildman–Crippen MR) is 104 cm³/mol. The van der Waals surface area contributed by atoms with Gasteiger partial charge >= 0.3 is 5.97 Å². The van der Waals surface area contributed by atoms with Gasteiger partial charge in [-0.1, -0.05) is 110 Å². The van der Waals surface area contributed by atoms with Crippen LogP contribution in [0.4, 0.5) is 0 Å². The lowest BCUT2D eigenvalue weighted by atomic mass is 10.0. The van der Waals surface area contributed by atoms with Crippen LogP contribution in [0.1, 0.15) is 122 Å². The summed E-state index contributed by atoms with van der Waals surface area (Å²) in [6.07, 6.45) is 23.7. The fourth-order valence-electron chi connectivity index (χ4n) is 3.16. The number of unbranched alkanes of at least 4 members (excludes halogenated alkanes) is 16. The maximum absolute atomic E-state index is 11.1. The molecule has 0 rings (SSSR count). The molecule has 1 N–H and O–H groups in total. The molecule has 0 spiro atoms. The highest BCUT2D eigenvalue weighted by Gasteiger charge is 2.01. The van der Waals surface area contributed by atoms with Crippen LogP contribution in [0.15, 0.2) is 0 Å². The first-order valence-corrected chi connectivity index (χ1v) is 10.7. The van der Waals surface area contributed by atoms with E-state index in [1.54, 1.807) is 7.05 Å². The fourth-order valence-corrected chi connectivity index (χ4v) is 3.16. The summed E-state index contributed by atoms with van der Waals surface area (Å²) in [5.41, 5.74) is 2.42. The molecule has 0 aromatic rings. The molecule has 0 aromatic carbocycles. The molecule has 0 amide bonds. The van der Waals surface area contributed by atoms with E-state index in [2.05, 4.69) is 17.2 Å². The molecule has 0 aliphatic carbocycles. The number of hydrogen-bond acceptors (Lipinski definition) is 3. The van der Waals surface area contributed by atoms with Crippen LogP contribution in [0.5, 0.6) is 0 Å². The highest BCUT2D eigenvalue weighted by atomic mass is 16.7. The van der Waals surface area contributed by atoms with Gasteiger partial charge in [0.2, 0.25) is 0 Å². The van der Waals surface area contributed by atoms with E-state index in [1.807, 2.05) is 0 Å². The lowest BCUT2D eigenvalue weighted by molar-refractivity contribution is -0.150. The Morgan fingerprint density at radius 1 is 0.625 bits per heavy atom. The van der Waals surface area contributed by atoms with Crippen LogP contribution in [0, 0.1) is 0 Å². The topological polar surface area (TPSA) is 38.3 Å². The van der Waals surface area contributed by atoms with E-state index in [1.165, 1.54) is 96.3 Å². The van der Waals surface area contributed by atoms with Gasteiger partial charge in [-0.15, -0.1) is 0 Å². The van der Waals surface area contributed by atoms with Crippen molar-refractivity contribution in [1.82, 2.24) is 5.48 Å². The zero-order valence-electron chi connectivity index (χ0n) is 16.5. The Balaban J connectivity index is 3.01. The van der Waals surface area contributed by atoms with Crippen LogP contribution in [-0.2, 0) is 9.63 Å². The summed E-state index contributed by atoms with van der Waals surface area (Å²) in [6, 6.07) is 0. The molecule has 0 saturated carbocycles. The largest absolute Gasteiger partial charge is 0.371 e. The second-order valence-corrected chi connectivity index (χ2v) is 7.09. The van der Waals surface area contributed by atoms with E-state index in [-0.39, 0.29) is 5.97 Å². The van der Waals surface area contributed by atoms with Crippen LogP contribution in [0.3, 0.4) is 0 Å². The number of carbonyl (C=O) groups is 1. The fraction of sp³-hybridized carbons (Fsp3) is 0.952. The summed E-state index contributed by atoms with van der Waals surface area (Å²) in [5.74, 6) is -0.140. The van der Waals surface area contributed by atoms with Crippen molar-refractivity contribution >= 4 is 5.97 Å². The van der Waals surface area contributed by atoms with Gasteiger partial charge < -0.3 is 4.84 Å². The van der Waals surface area contributed by atoms with Gasteiger partial charge in [-0.25, -0.2) is 0 Å². The first-order valence-electron chi connectivity index (χ1n) is 10.7. The average Bonchev–Trinajstić information content (AvgIpc) is 2.58. The number of rotatable bonds is 19. The molecule has 3 heteroatoms. The van der Waals surface area contributed by atoms with E-state index in [0.29, 0.717) is 6.42 Å². The first kappa shape index (κ1) is 23.4. The number of carbonyl (C=O) groups excluding carboxylic acids is 1. The molecule has 0 aliphatic rings. The third-order valence-corrected chi connectivity index (χ3v) is 4.70. The van der Waals surface area contributed by atoms with Crippen LogP contribution in [0.25, 0.3) is 0 Å². The molecule has 144 valence electrons. The van der Waals surface area contributed by atoms with Gasteiger partial charge in [0, 0.05) is 13.5 Å². The predicted octanol–water partition coefficient (Wildman–Crippen LogP) is 6.71. The summed E-state index contributed by atoms with van der Waals surface area (Å²) >= 11 is 0. The van der Waals surface area contributed by atoms with Crippen molar-refractivity contribution in [3.63, 3.8) is 0 Å². The lowest BCUT2D eigenvalue weighted by Crippen LogP contribution is -2.14. The van der Waals surface area contributed by atoms with Gasteiger partial charge in [0.05, 0.1) is 0 Å². The standard InChI is InChI=1S/C21H43NO2/c1-3-4-5-6-7-8-9-10-11-12-13-14-15-16-17-18-19-20-21(23)24-22-2/h22H,3-20H2,1-2H3. The molecular formula is C21H43NO2. The molecule has 24 heavy (non-hydrogen) atoms. The Kier molecular flexibility index (Phi) is 20.0. The monoisotopic (exact) mass is 341 g/mol. The Morgan fingerprint density at radius 2 is 0.958 bits per heavy atom. The molecular weight excluding hydrogens is 298 g/mol. The van der Waals surface area contributed by atoms with E-state index < -0.39 is 0 Å². The number of nitrogens with one attached hydrogen (secondary N) is 1. The average molecular weight is 342 g/mol. The van der Waals surface area contributed by atoms with Crippen molar-refractivity contribution in [1.29, 1.82) is 0 Å². The maximum atomic E-state index is 11.1. The van der Waals surface area contributed by atoms with E-state index in [0.717, 1.165) is 12.8 Å². The highest BCUT2D eigenvalue weighted by molar-refractivity contribution is 5.68. The van der Waals surface area contributed by atoms with E-state index >= 15 is 0 Å².